The third kappa shape index (κ3) is 3.46. The lowest BCUT2D eigenvalue weighted by molar-refractivity contribution is -0.0452. The molecule has 0 N–H and O–H groups in total. The first-order chi connectivity index (χ1) is 12.5. The van der Waals surface area contributed by atoms with Gasteiger partial charge in [-0.25, -0.2) is 9.37 Å². The van der Waals surface area contributed by atoms with E-state index < -0.39 is 11.4 Å². The fraction of sp³-hybridized carbons (Fsp3) is 0.474. The van der Waals surface area contributed by atoms with Gasteiger partial charge in [-0.05, 0) is 48.9 Å². The fourth-order valence-electron chi connectivity index (χ4n) is 3.75. The Balaban J connectivity index is 1.42. The number of halogens is 1. The lowest BCUT2D eigenvalue weighted by Crippen LogP contribution is -2.50. The molecule has 1 spiro atoms. The zero-order valence-corrected chi connectivity index (χ0v) is 15.4. The molecule has 7 heteroatoms. The summed E-state index contributed by atoms with van der Waals surface area (Å²) in [6, 6.07) is 4.79. The lowest BCUT2D eigenvalue weighted by atomic mass is 9.89. The highest BCUT2D eigenvalue weighted by atomic mass is 32.1. The van der Waals surface area contributed by atoms with Crippen molar-refractivity contribution >= 4 is 17.2 Å². The van der Waals surface area contributed by atoms with E-state index in [9.17, 15) is 9.18 Å². The zero-order chi connectivity index (χ0) is 18.1. The minimum Gasteiger partial charge on any atom is -0.470 e. The number of hydrogen-bond donors (Lipinski definition) is 0. The molecule has 0 unspecified atom stereocenters. The lowest BCUT2D eigenvalue weighted by Gasteiger charge is -2.39. The molecule has 2 aromatic heterocycles. The van der Waals surface area contributed by atoms with Crippen molar-refractivity contribution in [3.8, 4) is 5.88 Å². The standard InChI is InChI=1S/C19H21FN2O3S/c1-13-8-16(26-11-13)18(23)22-7-3-5-19(12-22)9-14(10-24-19)25-17-15(20)4-2-6-21-17/h2,4,6,8,11,14H,3,5,7,9-10,12H2,1H3/t14-,19-/m1/s1. The number of likely N-dealkylation sites (tertiary alicyclic amines) is 1. The molecule has 138 valence electrons. The number of aromatic nitrogens is 1. The van der Waals surface area contributed by atoms with Crippen LogP contribution >= 0.6 is 11.3 Å². The molecule has 0 bridgehead atoms. The van der Waals surface area contributed by atoms with Crippen molar-refractivity contribution in [2.45, 2.75) is 37.9 Å². The number of amides is 1. The third-order valence-electron chi connectivity index (χ3n) is 4.95. The van der Waals surface area contributed by atoms with Crippen LogP contribution in [0.15, 0.2) is 29.8 Å². The van der Waals surface area contributed by atoms with Crippen LogP contribution in [-0.2, 0) is 4.74 Å². The second-order valence-corrected chi connectivity index (χ2v) is 7.96. The molecule has 26 heavy (non-hydrogen) atoms. The quantitative estimate of drug-likeness (QED) is 0.824. The van der Waals surface area contributed by atoms with Gasteiger partial charge in [0.2, 0.25) is 0 Å². The fourth-order valence-corrected chi connectivity index (χ4v) is 4.61. The highest BCUT2D eigenvalue weighted by Crippen LogP contribution is 2.37. The number of hydrogen-bond acceptors (Lipinski definition) is 5. The summed E-state index contributed by atoms with van der Waals surface area (Å²) >= 11 is 1.48. The van der Waals surface area contributed by atoms with Gasteiger partial charge in [-0.1, -0.05) is 0 Å². The van der Waals surface area contributed by atoms with Crippen LogP contribution in [0, 0.1) is 12.7 Å². The number of carbonyl (C=O) groups is 1. The molecule has 0 radical (unpaired) electrons. The molecule has 1 amide bonds. The molecule has 0 aliphatic carbocycles. The van der Waals surface area contributed by atoms with E-state index in [-0.39, 0.29) is 17.9 Å². The molecule has 5 nitrogen and oxygen atoms in total. The number of piperidine rings is 1. The molecular formula is C19H21FN2O3S. The van der Waals surface area contributed by atoms with Crippen molar-refractivity contribution in [2.24, 2.45) is 0 Å². The van der Waals surface area contributed by atoms with E-state index in [1.165, 1.54) is 29.7 Å². The van der Waals surface area contributed by atoms with E-state index in [1.807, 2.05) is 23.3 Å². The number of carbonyl (C=O) groups excluding carboxylic acids is 1. The van der Waals surface area contributed by atoms with Gasteiger partial charge in [-0.15, -0.1) is 11.3 Å². The Kier molecular flexibility index (Phi) is 4.67. The molecule has 4 rings (SSSR count). The van der Waals surface area contributed by atoms with Gasteiger partial charge in [0.25, 0.3) is 11.8 Å². The summed E-state index contributed by atoms with van der Waals surface area (Å²) in [5.74, 6) is -0.399. The Morgan fingerprint density at radius 2 is 2.42 bits per heavy atom. The minimum absolute atomic E-state index is 0.0101. The second kappa shape index (κ2) is 6.96. The van der Waals surface area contributed by atoms with Crippen LogP contribution < -0.4 is 4.74 Å². The molecule has 4 heterocycles. The Morgan fingerprint density at radius 3 is 3.19 bits per heavy atom. The molecule has 2 aliphatic heterocycles. The van der Waals surface area contributed by atoms with Crippen molar-refractivity contribution in [3.63, 3.8) is 0 Å². The van der Waals surface area contributed by atoms with Gasteiger partial charge in [0.1, 0.15) is 6.10 Å². The minimum atomic E-state index is -0.470. The number of rotatable bonds is 3. The van der Waals surface area contributed by atoms with Crippen LogP contribution in [0.1, 0.15) is 34.5 Å². The topological polar surface area (TPSA) is 51.7 Å². The summed E-state index contributed by atoms with van der Waals surface area (Å²) in [5.41, 5.74) is 0.698. The maximum absolute atomic E-state index is 13.8. The first-order valence-corrected chi connectivity index (χ1v) is 9.68. The van der Waals surface area contributed by atoms with Crippen LogP contribution in [0.3, 0.4) is 0 Å². The first kappa shape index (κ1) is 17.4. The SMILES string of the molecule is Cc1csc(C(=O)N2CCC[C@@]3(C[C@@H](Oc4ncccc4F)CO3)C2)c1. The van der Waals surface area contributed by atoms with Gasteiger partial charge in [0.05, 0.1) is 23.6 Å². The van der Waals surface area contributed by atoms with Crippen molar-refractivity contribution in [2.75, 3.05) is 19.7 Å². The monoisotopic (exact) mass is 376 g/mol. The molecule has 2 saturated heterocycles. The maximum atomic E-state index is 13.8. The second-order valence-electron chi connectivity index (χ2n) is 7.05. The molecular weight excluding hydrogens is 355 g/mol. The highest BCUT2D eigenvalue weighted by Gasteiger charge is 2.45. The number of thiophene rings is 1. The van der Waals surface area contributed by atoms with E-state index >= 15 is 0 Å². The molecule has 0 aromatic carbocycles. The summed E-state index contributed by atoms with van der Waals surface area (Å²) in [6.07, 6.45) is 3.66. The third-order valence-corrected chi connectivity index (χ3v) is 5.98. The smallest absolute Gasteiger partial charge is 0.264 e. The number of pyridine rings is 1. The van der Waals surface area contributed by atoms with Crippen LogP contribution in [0.2, 0.25) is 0 Å². The van der Waals surface area contributed by atoms with Gasteiger partial charge in [0.15, 0.2) is 5.82 Å². The molecule has 0 saturated carbocycles. The summed E-state index contributed by atoms with van der Waals surface area (Å²) < 4.78 is 25.5. The van der Waals surface area contributed by atoms with E-state index in [0.717, 1.165) is 29.8 Å². The largest absolute Gasteiger partial charge is 0.470 e. The van der Waals surface area contributed by atoms with Gasteiger partial charge in [0, 0.05) is 19.2 Å². The van der Waals surface area contributed by atoms with Gasteiger partial charge < -0.3 is 14.4 Å². The van der Waals surface area contributed by atoms with Crippen molar-refractivity contribution in [1.29, 1.82) is 0 Å². The van der Waals surface area contributed by atoms with Crippen LogP contribution in [-0.4, -0.2) is 47.2 Å². The summed E-state index contributed by atoms with van der Waals surface area (Å²) in [7, 11) is 0. The van der Waals surface area contributed by atoms with Crippen molar-refractivity contribution in [1.82, 2.24) is 9.88 Å². The Hall–Kier alpha value is -1.99. The Bertz CT molecular complexity index is 812. The van der Waals surface area contributed by atoms with Crippen molar-refractivity contribution < 1.29 is 18.7 Å². The zero-order valence-electron chi connectivity index (χ0n) is 14.6. The van der Waals surface area contributed by atoms with Crippen LogP contribution in [0.25, 0.3) is 0 Å². The van der Waals surface area contributed by atoms with Crippen molar-refractivity contribution in [3.05, 3.63) is 46.0 Å². The van der Waals surface area contributed by atoms with Gasteiger partial charge in [-0.3, -0.25) is 4.79 Å². The predicted octanol–water partition coefficient (Wildman–Crippen LogP) is 3.43. The number of ether oxygens (including phenoxy) is 2. The van der Waals surface area contributed by atoms with E-state index in [0.29, 0.717) is 19.6 Å². The van der Waals surface area contributed by atoms with E-state index in [4.69, 9.17) is 9.47 Å². The molecule has 2 fully saturated rings. The average Bonchev–Trinajstić information content (AvgIpc) is 3.23. The average molecular weight is 376 g/mol. The predicted molar refractivity (Wildman–Crippen MR) is 96.1 cm³/mol. The maximum Gasteiger partial charge on any atom is 0.264 e. The highest BCUT2D eigenvalue weighted by molar-refractivity contribution is 7.12. The summed E-state index contributed by atoms with van der Waals surface area (Å²) in [5, 5.41) is 1.99. The molecule has 2 aliphatic rings. The molecule has 2 aromatic rings. The summed E-state index contributed by atoms with van der Waals surface area (Å²) in [6.45, 7) is 3.66. The van der Waals surface area contributed by atoms with Crippen LogP contribution in [0.5, 0.6) is 5.88 Å². The van der Waals surface area contributed by atoms with E-state index in [1.54, 1.807) is 0 Å². The van der Waals surface area contributed by atoms with Gasteiger partial charge in [-0.2, -0.15) is 0 Å². The van der Waals surface area contributed by atoms with Crippen LogP contribution in [0.4, 0.5) is 4.39 Å². The first-order valence-electron chi connectivity index (χ1n) is 8.80. The molecule has 2 atom stereocenters. The Labute approximate surface area is 155 Å². The van der Waals surface area contributed by atoms with Gasteiger partial charge >= 0.3 is 0 Å². The summed E-state index contributed by atoms with van der Waals surface area (Å²) in [4.78, 5) is 19.3. The number of nitrogens with zero attached hydrogens (tertiary/aromatic N) is 2. The Morgan fingerprint density at radius 1 is 1.54 bits per heavy atom. The van der Waals surface area contributed by atoms with E-state index in [2.05, 4.69) is 4.98 Å². The normalized spacial score (nSPS) is 25.6. The number of aryl methyl sites for hydroxylation is 1.